The molecule has 0 fully saturated rings. The van der Waals surface area contributed by atoms with Gasteiger partial charge in [0.15, 0.2) is 5.82 Å². The van der Waals surface area contributed by atoms with E-state index >= 15 is 0 Å². The summed E-state index contributed by atoms with van der Waals surface area (Å²) in [5.41, 5.74) is 2.96. The molecule has 4 nitrogen and oxygen atoms in total. The van der Waals surface area contributed by atoms with Gasteiger partial charge in [0.1, 0.15) is 0 Å². The highest BCUT2D eigenvalue weighted by atomic mass is 16.5. The van der Waals surface area contributed by atoms with E-state index in [9.17, 15) is 0 Å². The molecule has 1 aromatic carbocycles. The monoisotopic (exact) mass is 215 g/mol. The lowest BCUT2D eigenvalue weighted by Gasteiger charge is -2.30. The van der Waals surface area contributed by atoms with Crippen molar-refractivity contribution in [2.45, 2.75) is 18.9 Å². The van der Waals surface area contributed by atoms with Crippen molar-refractivity contribution in [1.29, 1.82) is 0 Å². The molecule has 1 aromatic heterocycles. The maximum atomic E-state index is 4.67. The van der Waals surface area contributed by atoms with Crippen LogP contribution in [-0.2, 0) is 13.0 Å². The average Bonchev–Trinajstić information content (AvgIpc) is 2.77. The Labute approximate surface area is 93.7 Å². The topological polar surface area (TPSA) is 51.0 Å². The van der Waals surface area contributed by atoms with E-state index in [0.29, 0.717) is 18.3 Å². The van der Waals surface area contributed by atoms with Crippen LogP contribution in [0, 0.1) is 0 Å². The lowest BCUT2D eigenvalue weighted by Crippen LogP contribution is -2.29. The molecule has 0 saturated heterocycles. The van der Waals surface area contributed by atoms with Crippen LogP contribution in [-0.4, -0.2) is 16.7 Å². The van der Waals surface area contributed by atoms with Crippen molar-refractivity contribution in [1.82, 2.24) is 15.5 Å². The molecule has 16 heavy (non-hydrogen) atoms. The van der Waals surface area contributed by atoms with Crippen LogP contribution in [0.4, 0.5) is 0 Å². The Morgan fingerprint density at radius 2 is 2.31 bits per heavy atom. The molecule has 0 aliphatic heterocycles. The minimum absolute atomic E-state index is 0.642. The van der Waals surface area contributed by atoms with Crippen molar-refractivity contribution < 1.29 is 4.52 Å². The number of aromatic nitrogens is 2. The van der Waals surface area contributed by atoms with Crippen molar-refractivity contribution in [3.8, 4) is 0 Å². The van der Waals surface area contributed by atoms with Gasteiger partial charge in [0.2, 0.25) is 6.39 Å². The van der Waals surface area contributed by atoms with E-state index in [4.69, 9.17) is 0 Å². The molecule has 2 aromatic rings. The normalized spacial score (nSPS) is 17.9. The van der Waals surface area contributed by atoms with Gasteiger partial charge in [-0.2, -0.15) is 4.98 Å². The summed E-state index contributed by atoms with van der Waals surface area (Å²) in [4.78, 5) is 3.96. The fourth-order valence-electron chi connectivity index (χ4n) is 2.17. The number of fused-ring (bicyclic) bond motifs is 1. The number of hydrogen-bond donors (Lipinski definition) is 1. The molecule has 1 unspecified atom stereocenters. The van der Waals surface area contributed by atoms with Crippen LogP contribution in [0.3, 0.4) is 0 Å². The van der Waals surface area contributed by atoms with Crippen LogP contribution in [0.1, 0.15) is 22.9 Å². The van der Waals surface area contributed by atoms with Crippen LogP contribution in [0.25, 0.3) is 0 Å². The molecular formula is C12H13N3O. The second-order valence-electron chi connectivity index (χ2n) is 4.08. The first-order chi connectivity index (χ1) is 7.93. The Morgan fingerprint density at radius 1 is 1.38 bits per heavy atom. The van der Waals surface area contributed by atoms with Crippen LogP contribution < -0.4 is 5.32 Å². The Hall–Kier alpha value is -1.68. The van der Waals surface area contributed by atoms with Gasteiger partial charge in [0.05, 0.1) is 6.54 Å². The Balaban J connectivity index is 1.52. The maximum absolute atomic E-state index is 4.67. The molecule has 4 heteroatoms. The highest BCUT2D eigenvalue weighted by Crippen LogP contribution is 2.33. The van der Waals surface area contributed by atoms with E-state index in [0.717, 1.165) is 6.54 Å². The maximum Gasteiger partial charge on any atom is 0.213 e. The lowest BCUT2D eigenvalue weighted by molar-refractivity contribution is 0.406. The third-order valence-electron chi connectivity index (χ3n) is 3.04. The highest BCUT2D eigenvalue weighted by Gasteiger charge is 2.24. The fourth-order valence-corrected chi connectivity index (χ4v) is 2.17. The number of benzene rings is 1. The van der Waals surface area contributed by atoms with Crippen molar-refractivity contribution in [2.75, 3.05) is 6.54 Å². The summed E-state index contributed by atoms with van der Waals surface area (Å²) in [5.74, 6) is 1.36. The van der Waals surface area contributed by atoms with Gasteiger partial charge in [-0.15, -0.1) is 0 Å². The molecule has 0 spiro atoms. The predicted octanol–water partition coefficient (Wildman–Crippen LogP) is 1.50. The molecule has 1 heterocycles. The average molecular weight is 215 g/mol. The molecule has 1 aliphatic carbocycles. The van der Waals surface area contributed by atoms with Crippen LogP contribution in [0.2, 0.25) is 0 Å². The smallest absolute Gasteiger partial charge is 0.213 e. The molecule has 3 rings (SSSR count). The molecule has 1 atom stereocenters. The van der Waals surface area contributed by atoms with Crippen molar-refractivity contribution in [3.63, 3.8) is 0 Å². The second kappa shape index (κ2) is 4.06. The standard InChI is InChI=1S/C12H13N3O/c1-2-4-11-9(3-1)5-10(11)6-13-7-12-14-8-16-15-12/h1-4,8,10,13H,5-7H2. The van der Waals surface area contributed by atoms with Gasteiger partial charge in [-0.25, -0.2) is 0 Å². The zero-order valence-electron chi connectivity index (χ0n) is 8.89. The summed E-state index contributed by atoms with van der Waals surface area (Å²) in [5, 5.41) is 7.10. The number of rotatable bonds is 4. The summed E-state index contributed by atoms with van der Waals surface area (Å²) in [7, 11) is 0. The van der Waals surface area contributed by atoms with Crippen LogP contribution >= 0.6 is 0 Å². The molecular weight excluding hydrogens is 202 g/mol. The molecule has 0 saturated carbocycles. The Kier molecular flexibility index (Phi) is 2.42. The molecule has 0 radical (unpaired) electrons. The number of hydrogen-bond acceptors (Lipinski definition) is 4. The van der Waals surface area contributed by atoms with Gasteiger partial charge in [0, 0.05) is 12.5 Å². The lowest BCUT2D eigenvalue weighted by atomic mass is 9.78. The SMILES string of the molecule is c1ccc2c(c1)CC2CNCc1ncon1. The Morgan fingerprint density at radius 3 is 3.12 bits per heavy atom. The first kappa shape index (κ1) is 9.54. The molecule has 0 amide bonds. The van der Waals surface area contributed by atoms with Gasteiger partial charge >= 0.3 is 0 Å². The van der Waals surface area contributed by atoms with Gasteiger partial charge in [0.25, 0.3) is 0 Å². The van der Waals surface area contributed by atoms with E-state index < -0.39 is 0 Å². The van der Waals surface area contributed by atoms with Gasteiger partial charge in [-0.3, -0.25) is 0 Å². The Bertz CT molecular complexity index is 467. The van der Waals surface area contributed by atoms with Crippen LogP contribution in [0.15, 0.2) is 35.2 Å². The molecule has 1 N–H and O–H groups in total. The first-order valence-electron chi connectivity index (χ1n) is 5.47. The summed E-state index contributed by atoms with van der Waals surface area (Å²) < 4.78 is 4.67. The fraction of sp³-hybridized carbons (Fsp3) is 0.333. The minimum atomic E-state index is 0.642. The minimum Gasteiger partial charge on any atom is -0.343 e. The zero-order valence-corrected chi connectivity index (χ0v) is 8.89. The molecule has 0 bridgehead atoms. The summed E-state index contributed by atoms with van der Waals surface area (Å²) >= 11 is 0. The van der Waals surface area contributed by atoms with Gasteiger partial charge in [-0.1, -0.05) is 29.4 Å². The number of nitrogens with one attached hydrogen (secondary N) is 1. The van der Waals surface area contributed by atoms with Crippen LogP contribution in [0.5, 0.6) is 0 Å². The third kappa shape index (κ3) is 1.72. The van der Waals surface area contributed by atoms with Crippen molar-refractivity contribution in [2.24, 2.45) is 0 Å². The second-order valence-corrected chi connectivity index (χ2v) is 4.08. The number of nitrogens with zero attached hydrogens (tertiary/aromatic N) is 2. The van der Waals surface area contributed by atoms with Gasteiger partial charge < -0.3 is 9.84 Å². The first-order valence-corrected chi connectivity index (χ1v) is 5.47. The summed E-state index contributed by atoms with van der Waals surface area (Å²) in [6.45, 7) is 1.65. The highest BCUT2D eigenvalue weighted by molar-refractivity contribution is 5.40. The van der Waals surface area contributed by atoms with E-state index in [-0.39, 0.29) is 0 Å². The van der Waals surface area contributed by atoms with E-state index in [1.807, 2.05) is 0 Å². The van der Waals surface area contributed by atoms with Crippen molar-refractivity contribution in [3.05, 3.63) is 47.6 Å². The zero-order chi connectivity index (χ0) is 10.8. The third-order valence-corrected chi connectivity index (χ3v) is 3.04. The quantitative estimate of drug-likeness (QED) is 0.839. The summed E-state index contributed by atoms with van der Waals surface area (Å²) in [6.07, 6.45) is 2.53. The van der Waals surface area contributed by atoms with Crippen molar-refractivity contribution >= 4 is 0 Å². The summed E-state index contributed by atoms with van der Waals surface area (Å²) in [6, 6.07) is 8.61. The van der Waals surface area contributed by atoms with Gasteiger partial charge in [-0.05, 0) is 17.5 Å². The molecule has 1 aliphatic rings. The van der Waals surface area contributed by atoms with E-state index in [1.54, 1.807) is 0 Å². The van der Waals surface area contributed by atoms with E-state index in [2.05, 4.69) is 44.2 Å². The predicted molar refractivity (Wildman–Crippen MR) is 58.9 cm³/mol. The molecule has 82 valence electrons. The largest absolute Gasteiger partial charge is 0.343 e. The van der Waals surface area contributed by atoms with E-state index in [1.165, 1.54) is 23.9 Å².